The number of halogens is 6. The first kappa shape index (κ1) is 29.7. The highest BCUT2D eigenvalue weighted by molar-refractivity contribution is 5.76. The minimum Gasteiger partial charge on any atom is -0.480 e. The largest absolute Gasteiger partial charge is 0.480 e. The lowest BCUT2D eigenvalue weighted by Crippen LogP contribution is -2.51. The minimum absolute atomic E-state index is 0.0847. The van der Waals surface area contributed by atoms with Crippen LogP contribution in [-0.2, 0) is 17.1 Å². The van der Waals surface area contributed by atoms with Crippen molar-refractivity contribution in [3.05, 3.63) is 70.3 Å². The lowest BCUT2D eigenvalue weighted by atomic mass is 9.78. The summed E-state index contributed by atoms with van der Waals surface area (Å²) in [4.78, 5) is 29.9. The molecule has 2 aromatic rings. The third-order valence-corrected chi connectivity index (χ3v) is 8.18. The van der Waals surface area contributed by atoms with Gasteiger partial charge in [-0.15, -0.1) is 0 Å². The number of hydrogen-bond acceptors (Lipinski definition) is 3. The van der Waals surface area contributed by atoms with E-state index in [0.717, 1.165) is 22.1 Å². The van der Waals surface area contributed by atoms with Gasteiger partial charge in [-0.2, -0.15) is 26.3 Å². The van der Waals surface area contributed by atoms with Crippen LogP contribution in [0, 0.1) is 18.8 Å². The smallest absolute Gasteiger partial charge is 0.416 e. The Kier molecular flexibility index (Phi) is 8.13. The van der Waals surface area contributed by atoms with Gasteiger partial charge in [-0.05, 0) is 55.0 Å². The van der Waals surface area contributed by atoms with E-state index in [2.05, 4.69) is 0 Å². The first-order chi connectivity index (χ1) is 18.6. The van der Waals surface area contributed by atoms with E-state index in [1.54, 1.807) is 4.90 Å². The van der Waals surface area contributed by atoms with Crippen LogP contribution in [0.15, 0.2) is 42.5 Å². The van der Waals surface area contributed by atoms with E-state index in [1.807, 2.05) is 36.1 Å². The first-order valence-corrected chi connectivity index (χ1v) is 12.9. The Morgan fingerprint density at radius 1 is 1.05 bits per heavy atom. The molecule has 2 aliphatic rings. The highest BCUT2D eigenvalue weighted by atomic mass is 19.4. The lowest BCUT2D eigenvalue weighted by molar-refractivity contribution is -0.144. The zero-order valence-corrected chi connectivity index (χ0v) is 22.3. The summed E-state index contributed by atoms with van der Waals surface area (Å²) in [6, 6.07) is 6.76. The van der Waals surface area contributed by atoms with Gasteiger partial charge in [0.05, 0.1) is 29.8 Å². The fraction of sp³-hybridized carbons (Fsp3) is 0.500. The van der Waals surface area contributed by atoms with Crippen molar-refractivity contribution < 1.29 is 41.0 Å². The Hall–Kier alpha value is -3.28. The maximum absolute atomic E-state index is 13.9. The van der Waals surface area contributed by atoms with Crippen molar-refractivity contribution in [1.29, 1.82) is 0 Å². The van der Waals surface area contributed by atoms with Gasteiger partial charge in [0.25, 0.3) is 0 Å². The number of aliphatic carboxylic acids is 1. The molecule has 2 unspecified atom stereocenters. The number of fused-ring (bicyclic) bond motifs is 1. The second kappa shape index (κ2) is 10.9. The van der Waals surface area contributed by atoms with Crippen LogP contribution in [0.3, 0.4) is 0 Å². The summed E-state index contributed by atoms with van der Waals surface area (Å²) in [7, 11) is 1.34. The molecule has 6 nitrogen and oxygen atoms in total. The summed E-state index contributed by atoms with van der Waals surface area (Å²) in [6.07, 6.45) is -9.43. The number of likely N-dealkylation sites (tertiary alicyclic amines) is 2. The number of carboxylic acids is 1. The van der Waals surface area contributed by atoms with Crippen LogP contribution in [0.2, 0.25) is 0 Å². The van der Waals surface area contributed by atoms with Crippen molar-refractivity contribution >= 4 is 12.0 Å². The number of urea groups is 1. The number of amides is 2. The summed E-state index contributed by atoms with van der Waals surface area (Å²) >= 11 is 0. The molecule has 0 saturated carbocycles. The van der Waals surface area contributed by atoms with Crippen molar-refractivity contribution in [2.24, 2.45) is 11.8 Å². The van der Waals surface area contributed by atoms with E-state index < -0.39 is 53.1 Å². The van der Waals surface area contributed by atoms with Gasteiger partial charge in [-0.3, -0.25) is 9.69 Å². The molecule has 0 aliphatic carbocycles. The van der Waals surface area contributed by atoms with Gasteiger partial charge in [0.1, 0.15) is 0 Å². The van der Waals surface area contributed by atoms with Crippen LogP contribution in [0.4, 0.5) is 31.1 Å². The molecule has 2 fully saturated rings. The highest BCUT2D eigenvalue weighted by Gasteiger charge is 2.47. The predicted octanol–water partition coefficient (Wildman–Crippen LogP) is 6.23. The number of benzene rings is 2. The fourth-order valence-corrected chi connectivity index (χ4v) is 6.10. The molecule has 4 atom stereocenters. The normalized spacial score (nSPS) is 22.6. The van der Waals surface area contributed by atoms with Gasteiger partial charge >= 0.3 is 24.4 Å². The van der Waals surface area contributed by atoms with Crippen LogP contribution in [-0.4, -0.2) is 65.0 Å². The molecule has 2 aliphatic heterocycles. The summed E-state index contributed by atoms with van der Waals surface area (Å²) in [6.45, 7) is 4.43. The maximum Gasteiger partial charge on any atom is 0.416 e. The number of alkyl halides is 6. The third kappa shape index (κ3) is 5.91. The van der Waals surface area contributed by atoms with Gasteiger partial charge in [0, 0.05) is 32.6 Å². The number of rotatable bonds is 5. The molecule has 0 spiro atoms. The lowest BCUT2D eigenvalue weighted by Gasteiger charge is -2.45. The quantitative estimate of drug-likeness (QED) is 0.433. The van der Waals surface area contributed by atoms with Crippen molar-refractivity contribution in [3.8, 4) is 0 Å². The Morgan fingerprint density at radius 3 is 2.33 bits per heavy atom. The number of aryl methyl sites for hydroxylation is 1. The molecule has 2 amide bonds. The average Bonchev–Trinajstić information content (AvgIpc) is 3.27. The van der Waals surface area contributed by atoms with Crippen LogP contribution in [0.1, 0.15) is 53.2 Å². The molecule has 0 aromatic heterocycles. The number of hydrogen-bond donors (Lipinski definition) is 1. The Morgan fingerprint density at radius 2 is 1.73 bits per heavy atom. The molecule has 1 N–H and O–H groups in total. The van der Waals surface area contributed by atoms with Crippen LogP contribution < -0.4 is 0 Å². The molecule has 4 rings (SSSR count). The summed E-state index contributed by atoms with van der Waals surface area (Å²) in [5.41, 5.74) is -1.51. The van der Waals surface area contributed by atoms with E-state index in [-0.39, 0.29) is 24.4 Å². The SMILES string of the molecule is Cc1ccccc1[C@H]1[C@@H]2CN(CC(=O)O)CC2CCN1C(=O)N(C)C(C)c1ccc(C(F)(F)F)cc1C(F)(F)F. The zero-order chi connectivity index (χ0) is 29.6. The van der Waals surface area contributed by atoms with Crippen LogP contribution >= 0.6 is 0 Å². The zero-order valence-electron chi connectivity index (χ0n) is 22.3. The van der Waals surface area contributed by atoms with E-state index in [4.69, 9.17) is 0 Å². The van der Waals surface area contributed by atoms with Crippen molar-refractivity contribution in [1.82, 2.24) is 14.7 Å². The standard InChI is InChI=1S/C28H31F6N3O3/c1-16-6-4-5-7-20(16)25-22-14-36(15-24(38)39)13-18(22)10-11-37(25)26(40)35(3)17(2)21-9-8-19(27(29,30)31)12-23(21)28(32,33)34/h4-9,12,17-18,22,25H,10-11,13-15H2,1-3H3,(H,38,39)/t17?,18?,22-,25+/m1/s1. The molecule has 0 bridgehead atoms. The molecule has 40 heavy (non-hydrogen) atoms. The van der Waals surface area contributed by atoms with E-state index >= 15 is 0 Å². The average molecular weight is 572 g/mol. The number of nitrogens with zero attached hydrogens (tertiary/aromatic N) is 3. The third-order valence-electron chi connectivity index (χ3n) is 8.18. The summed E-state index contributed by atoms with van der Waals surface area (Å²) in [5.74, 6) is -0.925. The molecule has 218 valence electrons. The number of piperidine rings is 1. The highest BCUT2D eigenvalue weighted by Crippen LogP contribution is 2.46. The molecular weight excluding hydrogens is 540 g/mol. The summed E-state index contributed by atoms with van der Waals surface area (Å²) in [5, 5.41) is 9.30. The second-order valence-corrected chi connectivity index (χ2v) is 10.7. The van der Waals surface area contributed by atoms with Crippen LogP contribution in [0.25, 0.3) is 0 Å². The van der Waals surface area contributed by atoms with Gasteiger partial charge < -0.3 is 14.9 Å². The minimum atomic E-state index is -5.06. The van der Waals surface area contributed by atoms with E-state index in [0.29, 0.717) is 32.1 Å². The monoisotopic (exact) mass is 571 g/mol. The van der Waals surface area contributed by atoms with Crippen LogP contribution in [0.5, 0.6) is 0 Å². The molecule has 0 radical (unpaired) electrons. The van der Waals surface area contributed by atoms with Gasteiger partial charge in [0.15, 0.2) is 0 Å². The van der Waals surface area contributed by atoms with Gasteiger partial charge in [0.2, 0.25) is 0 Å². The van der Waals surface area contributed by atoms with Gasteiger partial charge in [-0.1, -0.05) is 30.3 Å². The van der Waals surface area contributed by atoms with E-state index in [1.165, 1.54) is 14.0 Å². The van der Waals surface area contributed by atoms with Crippen molar-refractivity contribution in [3.63, 3.8) is 0 Å². The fourth-order valence-electron chi connectivity index (χ4n) is 6.10. The van der Waals surface area contributed by atoms with Crippen molar-refractivity contribution in [2.45, 2.75) is 44.7 Å². The predicted molar refractivity (Wildman–Crippen MR) is 134 cm³/mol. The molecule has 2 saturated heterocycles. The second-order valence-electron chi connectivity index (χ2n) is 10.7. The number of carbonyl (C=O) groups excluding carboxylic acids is 1. The molecular formula is C28H31F6N3O3. The number of carbonyl (C=O) groups is 2. The van der Waals surface area contributed by atoms with Crippen molar-refractivity contribution in [2.75, 3.05) is 33.2 Å². The molecule has 12 heteroatoms. The first-order valence-electron chi connectivity index (χ1n) is 12.9. The maximum atomic E-state index is 13.9. The Balaban J connectivity index is 1.68. The molecule has 2 heterocycles. The topological polar surface area (TPSA) is 64.1 Å². The Bertz CT molecular complexity index is 1260. The summed E-state index contributed by atoms with van der Waals surface area (Å²) < 4.78 is 81.2. The van der Waals surface area contributed by atoms with Gasteiger partial charge in [-0.25, -0.2) is 4.79 Å². The Labute approximate surface area is 228 Å². The van der Waals surface area contributed by atoms with E-state index in [9.17, 15) is 41.0 Å². The number of carboxylic acid groups (broad SMARTS) is 1. The molecule has 2 aromatic carbocycles.